The van der Waals surface area contributed by atoms with Crippen LogP contribution in [0.15, 0.2) is 24.3 Å². The summed E-state index contributed by atoms with van der Waals surface area (Å²) in [6.07, 6.45) is 2.51. The summed E-state index contributed by atoms with van der Waals surface area (Å²) < 4.78 is 1.41. The molecule has 0 N–H and O–H groups in total. The Labute approximate surface area is 83.9 Å². The van der Waals surface area contributed by atoms with Gasteiger partial charge in [-0.2, -0.15) is 0 Å². The Kier molecular flexibility index (Phi) is 3.88. The third-order valence-corrected chi connectivity index (χ3v) is 3.20. The van der Waals surface area contributed by atoms with Gasteiger partial charge in [0.25, 0.3) is 0 Å². The van der Waals surface area contributed by atoms with Crippen LogP contribution in [0.3, 0.4) is 0 Å². The van der Waals surface area contributed by atoms with Gasteiger partial charge in [0.2, 0.25) is 0 Å². The van der Waals surface area contributed by atoms with Gasteiger partial charge in [0, 0.05) is 0 Å². The molecule has 1 unspecified atom stereocenters. The van der Waals surface area contributed by atoms with Gasteiger partial charge in [0.05, 0.1) is 0 Å². The Hall–Kier alpha value is -0.222. The normalized spacial score (nSPS) is 10.7. The van der Waals surface area contributed by atoms with Crippen LogP contribution in [0, 0.1) is 0 Å². The van der Waals surface area contributed by atoms with Crippen LogP contribution in [0.1, 0.15) is 38.2 Å². The van der Waals surface area contributed by atoms with E-state index >= 15 is 0 Å². The Morgan fingerprint density at radius 3 is 2.00 bits per heavy atom. The van der Waals surface area contributed by atoms with Gasteiger partial charge < -0.3 is 0 Å². The molecule has 0 aromatic heterocycles. The van der Waals surface area contributed by atoms with Crippen molar-refractivity contribution in [1.82, 2.24) is 0 Å². The predicted octanol–water partition coefficient (Wildman–Crippen LogP) is 1.85. The molecule has 66 valence electrons. The van der Waals surface area contributed by atoms with Crippen molar-refractivity contribution in [1.29, 1.82) is 0 Å². The molecule has 0 bridgehead atoms. The van der Waals surface area contributed by atoms with E-state index in [0.29, 0.717) is 0 Å². The van der Waals surface area contributed by atoms with Gasteiger partial charge in [0.1, 0.15) is 0 Å². The number of rotatable bonds is 3. The van der Waals surface area contributed by atoms with E-state index < -0.39 is 0 Å². The molecule has 0 nitrogen and oxygen atoms in total. The summed E-state index contributed by atoms with van der Waals surface area (Å²) in [5.74, 6) is 0.762. The molecule has 0 aliphatic heterocycles. The number of benzene rings is 1. The van der Waals surface area contributed by atoms with Gasteiger partial charge >= 0.3 is 83.6 Å². The van der Waals surface area contributed by atoms with Crippen molar-refractivity contribution in [2.45, 2.75) is 32.6 Å². The molecule has 0 heterocycles. The SMILES string of the molecule is CCC(CC)c1ccc([AsH2])cc1. The molecular weight excluding hydrogens is 207 g/mol. The van der Waals surface area contributed by atoms with E-state index in [0.717, 1.165) is 5.92 Å². The first kappa shape index (κ1) is 9.86. The molecule has 0 fully saturated rings. The fourth-order valence-corrected chi connectivity index (χ4v) is 1.93. The van der Waals surface area contributed by atoms with E-state index in [1.54, 1.807) is 16.9 Å². The third-order valence-electron chi connectivity index (χ3n) is 2.39. The first-order chi connectivity index (χ1) is 5.77. The summed E-state index contributed by atoms with van der Waals surface area (Å²) in [5.41, 5.74) is 1.50. The molecule has 0 aliphatic carbocycles. The standard InChI is InChI=1S/C11H17As/c1-3-9(4-2)10-5-7-11(12)8-6-10/h5-9H,3-4,12H2,1-2H3. The first-order valence-electron chi connectivity index (χ1n) is 4.63. The number of hydrogen-bond acceptors (Lipinski definition) is 0. The van der Waals surface area contributed by atoms with E-state index in [-0.39, 0.29) is 0 Å². The topological polar surface area (TPSA) is 0 Å². The second-order valence-corrected chi connectivity index (χ2v) is 4.58. The molecule has 12 heavy (non-hydrogen) atoms. The van der Waals surface area contributed by atoms with E-state index in [4.69, 9.17) is 0 Å². The van der Waals surface area contributed by atoms with Crippen LogP contribution < -0.4 is 4.35 Å². The van der Waals surface area contributed by atoms with Crippen LogP contribution in [0.5, 0.6) is 0 Å². The van der Waals surface area contributed by atoms with Crippen LogP contribution in [-0.2, 0) is 0 Å². The Morgan fingerprint density at radius 2 is 1.58 bits per heavy atom. The minimum absolute atomic E-state index is 0.762. The van der Waals surface area contributed by atoms with E-state index in [1.165, 1.54) is 22.8 Å². The zero-order valence-corrected chi connectivity index (χ0v) is 10.3. The van der Waals surface area contributed by atoms with Crippen LogP contribution in [0.4, 0.5) is 0 Å². The second kappa shape index (κ2) is 4.72. The Balaban J connectivity index is 2.80. The maximum absolute atomic E-state index is 2.27. The van der Waals surface area contributed by atoms with Gasteiger partial charge in [-0.05, 0) is 0 Å². The van der Waals surface area contributed by atoms with Crippen molar-refractivity contribution < 1.29 is 0 Å². The summed E-state index contributed by atoms with van der Waals surface area (Å²) in [6, 6.07) is 9.00. The molecular formula is C11H17As. The quantitative estimate of drug-likeness (QED) is 0.687. The van der Waals surface area contributed by atoms with Crippen molar-refractivity contribution in [2.24, 2.45) is 0 Å². The maximum atomic E-state index is 2.27. The predicted molar refractivity (Wildman–Crippen MR) is 57.9 cm³/mol. The summed E-state index contributed by atoms with van der Waals surface area (Å²) in [6.45, 7) is 4.52. The van der Waals surface area contributed by atoms with Gasteiger partial charge in [-0.15, -0.1) is 0 Å². The van der Waals surface area contributed by atoms with Gasteiger partial charge in [-0.25, -0.2) is 0 Å². The minimum atomic E-state index is 0.762. The monoisotopic (exact) mass is 224 g/mol. The molecule has 1 aromatic rings. The average Bonchev–Trinajstić information content (AvgIpc) is 2.10. The Morgan fingerprint density at radius 1 is 1.08 bits per heavy atom. The van der Waals surface area contributed by atoms with Crippen molar-refractivity contribution in [3.05, 3.63) is 29.8 Å². The summed E-state index contributed by atoms with van der Waals surface area (Å²) in [7, 11) is 0. The molecule has 0 saturated heterocycles. The fourth-order valence-electron chi connectivity index (χ4n) is 1.53. The average molecular weight is 224 g/mol. The molecule has 0 spiro atoms. The third kappa shape index (κ3) is 2.38. The fraction of sp³-hybridized carbons (Fsp3) is 0.455. The zero-order chi connectivity index (χ0) is 8.97. The molecule has 1 atom stereocenters. The molecule has 0 aliphatic rings. The summed E-state index contributed by atoms with van der Waals surface area (Å²) >= 11 is 1.70. The first-order valence-corrected chi connectivity index (χ1v) is 5.84. The van der Waals surface area contributed by atoms with Crippen molar-refractivity contribution >= 4 is 21.2 Å². The van der Waals surface area contributed by atoms with Crippen LogP contribution in [0.2, 0.25) is 0 Å². The molecule has 1 aromatic carbocycles. The van der Waals surface area contributed by atoms with E-state index in [1.807, 2.05) is 0 Å². The van der Waals surface area contributed by atoms with Gasteiger partial charge in [-0.3, -0.25) is 0 Å². The number of hydrogen-bond donors (Lipinski definition) is 0. The van der Waals surface area contributed by atoms with Crippen LogP contribution in [0.25, 0.3) is 0 Å². The van der Waals surface area contributed by atoms with Gasteiger partial charge in [0.15, 0.2) is 0 Å². The molecule has 0 radical (unpaired) electrons. The van der Waals surface area contributed by atoms with E-state index in [9.17, 15) is 0 Å². The van der Waals surface area contributed by atoms with Crippen LogP contribution in [-0.4, -0.2) is 16.9 Å². The second-order valence-electron chi connectivity index (χ2n) is 3.18. The summed E-state index contributed by atoms with van der Waals surface area (Å²) in [5, 5.41) is 0. The summed E-state index contributed by atoms with van der Waals surface area (Å²) in [4.78, 5) is 0. The van der Waals surface area contributed by atoms with Gasteiger partial charge in [-0.1, -0.05) is 0 Å². The van der Waals surface area contributed by atoms with Crippen molar-refractivity contribution in [3.63, 3.8) is 0 Å². The molecule has 0 amide bonds. The molecule has 0 saturated carbocycles. The Bertz CT molecular complexity index is 221. The van der Waals surface area contributed by atoms with Crippen molar-refractivity contribution in [3.8, 4) is 0 Å². The van der Waals surface area contributed by atoms with E-state index in [2.05, 4.69) is 38.1 Å². The zero-order valence-electron chi connectivity index (χ0n) is 7.88. The van der Waals surface area contributed by atoms with Crippen LogP contribution >= 0.6 is 0 Å². The molecule has 1 heteroatoms. The molecule has 1 rings (SSSR count). The van der Waals surface area contributed by atoms with Crippen molar-refractivity contribution in [2.75, 3.05) is 0 Å².